The number of nitro groups is 1. The first kappa shape index (κ1) is 29.4. The molecular weight excluding hydrogens is 540 g/mol. The highest BCUT2D eigenvalue weighted by atomic mass is 16.6. The lowest BCUT2D eigenvalue weighted by atomic mass is 10.0. The van der Waals surface area contributed by atoms with Crippen LogP contribution in [-0.4, -0.2) is 31.8 Å². The van der Waals surface area contributed by atoms with Gasteiger partial charge in [0, 0.05) is 23.7 Å². The lowest BCUT2D eigenvalue weighted by molar-refractivity contribution is -0.385. The zero-order valence-electron chi connectivity index (χ0n) is 24.6. The Balaban J connectivity index is 1.69. The van der Waals surface area contributed by atoms with Gasteiger partial charge in [-0.05, 0) is 67.6 Å². The summed E-state index contributed by atoms with van der Waals surface area (Å²) in [7, 11) is 0. The predicted octanol–water partition coefficient (Wildman–Crippen LogP) is 7.00. The van der Waals surface area contributed by atoms with Crippen LogP contribution < -0.4 is 5.56 Å². The summed E-state index contributed by atoms with van der Waals surface area (Å²) >= 11 is 0. The van der Waals surface area contributed by atoms with Crippen LogP contribution >= 0.6 is 0 Å². The summed E-state index contributed by atoms with van der Waals surface area (Å²) in [5, 5.41) is 12.2. The second-order valence-corrected chi connectivity index (χ2v) is 10.6. The Morgan fingerprint density at radius 1 is 0.930 bits per heavy atom. The van der Waals surface area contributed by atoms with Crippen LogP contribution in [0, 0.1) is 17.0 Å². The van der Waals surface area contributed by atoms with Gasteiger partial charge in [-0.2, -0.15) is 0 Å². The molecule has 0 N–H and O–H groups in total. The number of para-hydroxylation sites is 1. The van der Waals surface area contributed by atoms with E-state index >= 15 is 0 Å². The highest BCUT2D eigenvalue weighted by molar-refractivity contribution is 5.95. The number of hydrogen-bond acceptors (Lipinski definition) is 5. The molecule has 1 unspecified atom stereocenters. The number of carbonyl (C=O) groups is 1. The van der Waals surface area contributed by atoms with Gasteiger partial charge < -0.3 is 4.90 Å². The number of aryl methyl sites for hydroxylation is 2. The van der Waals surface area contributed by atoms with Crippen LogP contribution in [0.5, 0.6) is 0 Å². The molecule has 1 atom stereocenters. The van der Waals surface area contributed by atoms with Crippen molar-refractivity contribution in [2.75, 3.05) is 6.54 Å². The summed E-state index contributed by atoms with van der Waals surface area (Å²) in [6, 6.07) is 28.8. The molecule has 1 amide bonds. The van der Waals surface area contributed by atoms with Crippen LogP contribution in [0.3, 0.4) is 0 Å². The first-order valence-corrected chi connectivity index (χ1v) is 14.5. The number of benzene rings is 4. The number of carbonyl (C=O) groups excluding carboxylic acids is 1. The summed E-state index contributed by atoms with van der Waals surface area (Å²) < 4.78 is 1.61. The second-order valence-electron chi connectivity index (χ2n) is 10.6. The quantitative estimate of drug-likeness (QED) is 0.132. The van der Waals surface area contributed by atoms with Crippen molar-refractivity contribution in [2.24, 2.45) is 0 Å². The van der Waals surface area contributed by atoms with E-state index in [0.717, 1.165) is 17.5 Å². The van der Waals surface area contributed by atoms with E-state index in [1.807, 2.05) is 73.7 Å². The highest BCUT2D eigenvalue weighted by Crippen LogP contribution is 2.29. The molecule has 0 spiro atoms. The van der Waals surface area contributed by atoms with Gasteiger partial charge in [0.1, 0.15) is 5.82 Å². The molecule has 1 aromatic heterocycles. The number of rotatable bonds is 10. The van der Waals surface area contributed by atoms with Crippen LogP contribution in [0.25, 0.3) is 16.6 Å². The molecule has 0 saturated carbocycles. The summed E-state index contributed by atoms with van der Waals surface area (Å²) in [6.45, 7) is 6.00. The molecule has 0 aliphatic heterocycles. The molecule has 0 fully saturated rings. The zero-order chi connectivity index (χ0) is 30.5. The molecule has 218 valence electrons. The normalized spacial score (nSPS) is 11.8. The number of amides is 1. The third-order valence-electron chi connectivity index (χ3n) is 7.86. The lowest BCUT2D eigenvalue weighted by Crippen LogP contribution is -2.39. The largest absolute Gasteiger partial charge is 0.328 e. The van der Waals surface area contributed by atoms with Gasteiger partial charge >= 0.3 is 0 Å². The molecule has 0 saturated heterocycles. The summed E-state index contributed by atoms with van der Waals surface area (Å²) in [5.74, 6) is 0.0830. The van der Waals surface area contributed by atoms with Crippen LogP contribution in [0.1, 0.15) is 59.2 Å². The van der Waals surface area contributed by atoms with E-state index in [2.05, 4.69) is 6.92 Å². The van der Waals surface area contributed by atoms with E-state index in [-0.39, 0.29) is 22.7 Å². The molecule has 4 aromatic carbocycles. The Kier molecular flexibility index (Phi) is 8.76. The average molecular weight is 575 g/mol. The molecule has 0 radical (unpaired) electrons. The van der Waals surface area contributed by atoms with Crippen LogP contribution in [0.4, 0.5) is 5.69 Å². The number of aromatic nitrogens is 2. The van der Waals surface area contributed by atoms with Gasteiger partial charge in [0.15, 0.2) is 0 Å². The van der Waals surface area contributed by atoms with Crippen molar-refractivity contribution in [2.45, 2.75) is 46.1 Å². The molecule has 1 heterocycles. The van der Waals surface area contributed by atoms with E-state index < -0.39 is 11.0 Å². The Morgan fingerprint density at radius 3 is 2.30 bits per heavy atom. The topological polar surface area (TPSA) is 98.3 Å². The molecule has 0 aliphatic rings. The number of fused-ring (bicyclic) bond motifs is 1. The van der Waals surface area contributed by atoms with E-state index in [4.69, 9.17) is 4.98 Å². The van der Waals surface area contributed by atoms with Gasteiger partial charge in [0.05, 0.1) is 27.6 Å². The number of nitro benzene ring substituents is 1. The Hall–Kier alpha value is -5.11. The molecule has 8 nitrogen and oxygen atoms in total. The average Bonchev–Trinajstić information content (AvgIpc) is 3.03. The van der Waals surface area contributed by atoms with Crippen LogP contribution in [0.2, 0.25) is 0 Å². The minimum Gasteiger partial charge on any atom is -0.328 e. The van der Waals surface area contributed by atoms with Gasteiger partial charge in [-0.3, -0.25) is 24.3 Å². The van der Waals surface area contributed by atoms with E-state index in [9.17, 15) is 19.7 Å². The smallest absolute Gasteiger partial charge is 0.273 e. The van der Waals surface area contributed by atoms with Gasteiger partial charge in [-0.15, -0.1) is 0 Å². The van der Waals surface area contributed by atoms with Crippen molar-refractivity contribution < 1.29 is 9.72 Å². The zero-order valence-corrected chi connectivity index (χ0v) is 24.6. The van der Waals surface area contributed by atoms with E-state index in [1.54, 1.807) is 40.7 Å². The standard InChI is InChI=1S/C35H34N4O4/c1-4-25-16-19-28(20-17-25)38-33(36-30-14-10-9-13-29(30)35(38)41)31(5-2)37(22-21-26-11-7-6-8-12-26)34(40)27-18-15-24(3)32(23-27)39(42)43/h6-20,23,31H,4-5,21-22H2,1-3H3. The fourth-order valence-electron chi connectivity index (χ4n) is 5.44. The highest BCUT2D eigenvalue weighted by Gasteiger charge is 2.30. The van der Waals surface area contributed by atoms with Crippen molar-refractivity contribution in [3.05, 3.63) is 146 Å². The molecule has 43 heavy (non-hydrogen) atoms. The minimum atomic E-state index is -0.597. The Morgan fingerprint density at radius 2 is 1.63 bits per heavy atom. The maximum absolute atomic E-state index is 14.3. The van der Waals surface area contributed by atoms with E-state index in [1.165, 1.54) is 6.07 Å². The lowest BCUT2D eigenvalue weighted by Gasteiger charge is -2.32. The maximum Gasteiger partial charge on any atom is 0.273 e. The minimum absolute atomic E-state index is 0.112. The van der Waals surface area contributed by atoms with Gasteiger partial charge in [0.25, 0.3) is 17.2 Å². The Labute approximate surface area is 250 Å². The van der Waals surface area contributed by atoms with Crippen molar-refractivity contribution in [1.82, 2.24) is 14.5 Å². The number of nitrogens with zero attached hydrogens (tertiary/aromatic N) is 4. The SMILES string of the molecule is CCc1ccc(-n2c(C(CC)N(CCc3ccccc3)C(=O)c3ccc(C)c([N+](=O)[O-])c3)nc3ccccc3c2=O)cc1. The predicted molar refractivity (Wildman–Crippen MR) is 169 cm³/mol. The molecule has 0 bridgehead atoms. The second kappa shape index (κ2) is 12.8. The first-order chi connectivity index (χ1) is 20.8. The van der Waals surface area contributed by atoms with Crippen LogP contribution in [-0.2, 0) is 12.8 Å². The van der Waals surface area contributed by atoms with Crippen molar-refractivity contribution in [3.63, 3.8) is 0 Å². The molecule has 5 rings (SSSR count). The third kappa shape index (κ3) is 6.09. The van der Waals surface area contributed by atoms with Crippen molar-refractivity contribution in [3.8, 4) is 5.69 Å². The van der Waals surface area contributed by atoms with Gasteiger partial charge in [-0.1, -0.05) is 74.5 Å². The van der Waals surface area contributed by atoms with Crippen LogP contribution in [0.15, 0.2) is 102 Å². The van der Waals surface area contributed by atoms with Gasteiger partial charge in [-0.25, -0.2) is 4.98 Å². The first-order valence-electron chi connectivity index (χ1n) is 14.5. The maximum atomic E-state index is 14.3. The molecule has 5 aromatic rings. The summed E-state index contributed by atoms with van der Waals surface area (Å²) in [4.78, 5) is 46.3. The Bertz CT molecular complexity index is 1830. The van der Waals surface area contributed by atoms with Gasteiger partial charge in [0.2, 0.25) is 0 Å². The van der Waals surface area contributed by atoms with E-state index in [0.29, 0.717) is 47.4 Å². The molecular formula is C35H34N4O4. The molecule has 8 heteroatoms. The van der Waals surface area contributed by atoms with Crippen molar-refractivity contribution >= 4 is 22.5 Å². The summed E-state index contributed by atoms with van der Waals surface area (Å²) in [6.07, 6.45) is 1.88. The monoisotopic (exact) mass is 574 g/mol. The third-order valence-corrected chi connectivity index (χ3v) is 7.86. The van der Waals surface area contributed by atoms with Crippen molar-refractivity contribution in [1.29, 1.82) is 0 Å². The molecule has 0 aliphatic carbocycles. The summed E-state index contributed by atoms with van der Waals surface area (Å²) in [5.41, 5.74) is 3.75. The fourth-order valence-corrected chi connectivity index (χ4v) is 5.44. The number of hydrogen-bond donors (Lipinski definition) is 0. The fraction of sp³-hybridized carbons (Fsp3) is 0.229.